The van der Waals surface area contributed by atoms with E-state index in [-0.39, 0.29) is 35.7 Å². The Kier molecular flexibility index (Phi) is 6.55. The number of hydrogen-bond donors (Lipinski definition) is 1. The Bertz CT molecular complexity index is 1100. The smallest absolute Gasteiger partial charge is 0.264 e. The van der Waals surface area contributed by atoms with E-state index in [2.05, 4.69) is 5.32 Å². The van der Waals surface area contributed by atoms with E-state index >= 15 is 0 Å². The first-order chi connectivity index (χ1) is 15.3. The zero-order chi connectivity index (χ0) is 22.9. The first-order valence-corrected chi connectivity index (χ1v) is 13.0. The van der Waals surface area contributed by atoms with Crippen LogP contribution in [-0.2, 0) is 14.8 Å². The Balaban J connectivity index is 1.38. The van der Waals surface area contributed by atoms with Crippen LogP contribution >= 0.6 is 11.3 Å². The Labute approximate surface area is 192 Å². The highest BCUT2D eigenvalue weighted by Gasteiger charge is 2.32. The number of sulfonamides is 1. The molecule has 1 aliphatic carbocycles. The van der Waals surface area contributed by atoms with Crippen molar-refractivity contribution in [1.82, 2.24) is 9.21 Å². The van der Waals surface area contributed by atoms with Gasteiger partial charge in [-0.1, -0.05) is 0 Å². The highest BCUT2D eigenvalue weighted by Crippen LogP contribution is 2.33. The Morgan fingerprint density at radius 3 is 2.38 bits per heavy atom. The van der Waals surface area contributed by atoms with Crippen LogP contribution in [0, 0.1) is 12.8 Å². The summed E-state index contributed by atoms with van der Waals surface area (Å²) in [6.07, 6.45) is 1.84. The number of nitrogens with one attached hydrogen (secondary N) is 1. The minimum atomic E-state index is -3.63. The molecule has 2 aromatic rings. The lowest BCUT2D eigenvalue weighted by atomic mass is 10.2. The molecule has 2 heterocycles. The number of carbonyl (C=O) groups is 2. The maximum absolute atomic E-state index is 13.0. The molecule has 4 rings (SSSR count). The van der Waals surface area contributed by atoms with Crippen molar-refractivity contribution in [3.63, 3.8) is 0 Å². The monoisotopic (exact) mass is 477 g/mol. The van der Waals surface area contributed by atoms with Gasteiger partial charge in [-0.2, -0.15) is 4.31 Å². The quantitative estimate of drug-likeness (QED) is 0.662. The predicted octanol–water partition coefficient (Wildman–Crippen LogP) is 2.95. The summed E-state index contributed by atoms with van der Waals surface area (Å²) in [5.41, 5.74) is 0.815. The van der Waals surface area contributed by atoms with Crippen molar-refractivity contribution < 1.29 is 22.7 Å². The molecule has 172 valence electrons. The molecular formula is C22H27N3O5S2. The SMILES string of the molecule is CCOc1ccc(S(=O)(=O)N2CCN(C(=O)c3sc(NC(=O)C4CC4)cc3C)CC2)cc1. The molecule has 1 saturated heterocycles. The van der Waals surface area contributed by atoms with Gasteiger partial charge in [-0.25, -0.2) is 8.42 Å². The van der Waals surface area contributed by atoms with Gasteiger partial charge in [0.1, 0.15) is 5.75 Å². The van der Waals surface area contributed by atoms with Gasteiger partial charge in [0, 0.05) is 32.1 Å². The Hall–Kier alpha value is -2.43. The molecule has 0 unspecified atom stereocenters. The number of benzene rings is 1. The fourth-order valence-electron chi connectivity index (χ4n) is 3.62. The van der Waals surface area contributed by atoms with E-state index in [0.717, 1.165) is 18.4 Å². The summed E-state index contributed by atoms with van der Waals surface area (Å²) in [5.74, 6) is 0.610. The van der Waals surface area contributed by atoms with E-state index in [9.17, 15) is 18.0 Å². The molecule has 0 atom stereocenters. The third kappa shape index (κ3) is 4.82. The molecule has 1 aliphatic heterocycles. The number of ether oxygens (including phenoxy) is 1. The van der Waals surface area contributed by atoms with E-state index < -0.39 is 10.0 Å². The van der Waals surface area contributed by atoms with Crippen LogP contribution in [0.4, 0.5) is 5.00 Å². The Morgan fingerprint density at radius 2 is 1.78 bits per heavy atom. The summed E-state index contributed by atoms with van der Waals surface area (Å²) in [5, 5.41) is 3.57. The first kappa shape index (κ1) is 22.8. The van der Waals surface area contributed by atoms with Crippen molar-refractivity contribution in [2.45, 2.75) is 31.6 Å². The molecule has 32 heavy (non-hydrogen) atoms. The Morgan fingerprint density at radius 1 is 1.12 bits per heavy atom. The largest absolute Gasteiger partial charge is 0.494 e. The third-order valence-corrected chi connectivity index (χ3v) is 8.66. The zero-order valence-electron chi connectivity index (χ0n) is 18.2. The molecule has 2 amide bonds. The number of aryl methyl sites for hydroxylation is 1. The lowest BCUT2D eigenvalue weighted by Gasteiger charge is -2.34. The number of nitrogens with zero attached hydrogens (tertiary/aromatic N) is 2. The van der Waals surface area contributed by atoms with Crippen molar-refractivity contribution in [1.29, 1.82) is 0 Å². The summed E-state index contributed by atoms with van der Waals surface area (Å²) in [4.78, 5) is 27.5. The van der Waals surface area contributed by atoms with Gasteiger partial charge in [0.05, 0.1) is 21.4 Å². The van der Waals surface area contributed by atoms with Crippen LogP contribution in [0.15, 0.2) is 35.2 Å². The van der Waals surface area contributed by atoms with E-state index in [1.54, 1.807) is 29.2 Å². The lowest BCUT2D eigenvalue weighted by molar-refractivity contribution is -0.117. The molecule has 2 aliphatic rings. The van der Waals surface area contributed by atoms with Gasteiger partial charge in [0.2, 0.25) is 15.9 Å². The van der Waals surface area contributed by atoms with Crippen molar-refractivity contribution in [2.75, 3.05) is 38.1 Å². The van der Waals surface area contributed by atoms with Gasteiger partial charge in [-0.3, -0.25) is 9.59 Å². The molecule has 2 fully saturated rings. The summed E-state index contributed by atoms with van der Waals surface area (Å²) in [6.45, 7) is 5.33. The fourth-order valence-corrected chi connectivity index (χ4v) is 6.09. The number of thiophene rings is 1. The number of hydrogen-bond acceptors (Lipinski definition) is 6. The average Bonchev–Trinajstić information content (AvgIpc) is 3.57. The van der Waals surface area contributed by atoms with Crippen molar-refractivity contribution in [3.8, 4) is 5.75 Å². The van der Waals surface area contributed by atoms with Crippen molar-refractivity contribution in [2.24, 2.45) is 5.92 Å². The highest BCUT2D eigenvalue weighted by atomic mass is 32.2. The zero-order valence-corrected chi connectivity index (χ0v) is 19.8. The second-order valence-corrected chi connectivity index (χ2v) is 11.0. The number of rotatable bonds is 7. The molecule has 0 radical (unpaired) electrons. The second kappa shape index (κ2) is 9.21. The lowest BCUT2D eigenvalue weighted by Crippen LogP contribution is -2.50. The van der Waals surface area contributed by atoms with Crippen molar-refractivity contribution >= 4 is 38.2 Å². The minimum absolute atomic E-state index is 0.0124. The summed E-state index contributed by atoms with van der Waals surface area (Å²) in [7, 11) is -3.63. The minimum Gasteiger partial charge on any atom is -0.494 e. The van der Waals surface area contributed by atoms with Gasteiger partial charge in [-0.05, 0) is 62.6 Å². The molecular weight excluding hydrogens is 450 g/mol. The van der Waals surface area contributed by atoms with Crippen LogP contribution in [0.5, 0.6) is 5.75 Å². The van der Waals surface area contributed by atoms with E-state index in [4.69, 9.17) is 4.74 Å². The normalized spacial score (nSPS) is 17.2. The third-order valence-electron chi connectivity index (χ3n) is 5.60. The summed E-state index contributed by atoms with van der Waals surface area (Å²) in [6, 6.07) is 8.21. The maximum Gasteiger partial charge on any atom is 0.264 e. The second-order valence-electron chi connectivity index (χ2n) is 7.99. The molecule has 1 saturated carbocycles. The number of anilines is 1. The van der Waals surface area contributed by atoms with Gasteiger partial charge >= 0.3 is 0 Å². The predicted molar refractivity (Wildman–Crippen MR) is 123 cm³/mol. The van der Waals surface area contributed by atoms with Crippen LogP contribution in [-0.4, -0.2) is 62.2 Å². The molecule has 1 aromatic carbocycles. The molecule has 1 N–H and O–H groups in total. The van der Waals surface area contributed by atoms with Crippen LogP contribution in [0.1, 0.15) is 35.0 Å². The fraction of sp³-hybridized carbons (Fsp3) is 0.455. The van der Waals surface area contributed by atoms with Crippen LogP contribution in [0.25, 0.3) is 0 Å². The molecule has 0 bridgehead atoms. The van der Waals surface area contributed by atoms with Crippen LogP contribution in [0.3, 0.4) is 0 Å². The maximum atomic E-state index is 13.0. The topological polar surface area (TPSA) is 96.0 Å². The molecule has 8 nitrogen and oxygen atoms in total. The number of piperazine rings is 1. The van der Waals surface area contributed by atoms with Gasteiger partial charge in [0.15, 0.2) is 0 Å². The standard InChI is InChI=1S/C22H27N3O5S2/c1-3-30-17-6-8-18(9-7-17)32(28,29)25-12-10-24(11-13-25)22(27)20-15(2)14-19(31-20)23-21(26)16-4-5-16/h6-9,14,16H,3-5,10-13H2,1-2H3,(H,23,26). The molecule has 0 spiro atoms. The number of carbonyl (C=O) groups excluding carboxylic acids is 2. The average molecular weight is 478 g/mol. The van der Waals surface area contributed by atoms with E-state index in [1.165, 1.54) is 15.6 Å². The summed E-state index contributed by atoms with van der Waals surface area (Å²) >= 11 is 1.28. The number of amides is 2. The van der Waals surface area contributed by atoms with Gasteiger partial charge in [-0.15, -0.1) is 11.3 Å². The van der Waals surface area contributed by atoms with Gasteiger partial charge in [0.25, 0.3) is 5.91 Å². The van der Waals surface area contributed by atoms with Gasteiger partial charge < -0.3 is 15.0 Å². The van der Waals surface area contributed by atoms with E-state index in [1.807, 2.05) is 19.9 Å². The van der Waals surface area contributed by atoms with Crippen LogP contribution < -0.4 is 10.1 Å². The first-order valence-electron chi connectivity index (χ1n) is 10.7. The highest BCUT2D eigenvalue weighted by molar-refractivity contribution is 7.89. The summed E-state index contributed by atoms with van der Waals surface area (Å²) < 4.78 is 32.7. The van der Waals surface area contributed by atoms with Crippen LogP contribution in [0.2, 0.25) is 0 Å². The molecule has 1 aromatic heterocycles. The van der Waals surface area contributed by atoms with E-state index in [0.29, 0.717) is 35.3 Å². The van der Waals surface area contributed by atoms with Crippen molar-refractivity contribution in [3.05, 3.63) is 40.8 Å². The molecule has 10 heteroatoms.